The van der Waals surface area contributed by atoms with Crippen LogP contribution in [0.2, 0.25) is 0 Å². The van der Waals surface area contributed by atoms with Gasteiger partial charge in [0.15, 0.2) is 0 Å². The minimum absolute atomic E-state index is 0.726. The number of aryl methyl sites for hydroxylation is 2. The summed E-state index contributed by atoms with van der Waals surface area (Å²) in [4.78, 5) is 8.55. The molecule has 1 aliphatic rings. The zero-order valence-corrected chi connectivity index (χ0v) is 11.2. The molecule has 1 fully saturated rings. The Kier molecular flexibility index (Phi) is 3.95. The largest absolute Gasteiger partial charge is 0.314 e. The summed E-state index contributed by atoms with van der Waals surface area (Å²) in [7, 11) is 0. The quantitative estimate of drug-likeness (QED) is 0.851. The van der Waals surface area contributed by atoms with Crippen LogP contribution in [0.25, 0.3) is 0 Å². The lowest BCUT2D eigenvalue weighted by molar-refractivity contribution is 0.137. The van der Waals surface area contributed by atoms with Gasteiger partial charge in [0, 0.05) is 24.0 Å². The first kappa shape index (κ1) is 12.0. The summed E-state index contributed by atoms with van der Waals surface area (Å²) in [6.07, 6.45) is 1.22. The number of nitrogens with one attached hydrogen (secondary N) is 1. The molecular weight excluding hydrogens is 218 g/mol. The Morgan fingerprint density at radius 2 is 2.19 bits per heavy atom. The van der Waals surface area contributed by atoms with E-state index in [-0.39, 0.29) is 0 Å². The molecule has 1 aliphatic heterocycles. The van der Waals surface area contributed by atoms with Crippen LogP contribution in [0, 0.1) is 13.8 Å². The highest BCUT2D eigenvalue weighted by Gasteiger charge is 2.24. The van der Waals surface area contributed by atoms with Crippen LogP contribution in [0.15, 0.2) is 0 Å². The highest BCUT2D eigenvalue weighted by atomic mass is 32.1. The first-order valence-electron chi connectivity index (χ1n) is 6.08. The van der Waals surface area contributed by atoms with Crippen molar-refractivity contribution >= 4 is 11.3 Å². The standard InChI is InChI=1S/C12H21N3S/c1-4-5-15(11-6-13-7-11)8-12-14-9(2)10(3)16-12/h11,13H,4-8H2,1-3H3. The molecule has 2 rings (SSSR count). The van der Waals surface area contributed by atoms with E-state index in [2.05, 4.69) is 36.0 Å². The van der Waals surface area contributed by atoms with Crippen molar-refractivity contribution in [2.45, 2.75) is 39.8 Å². The minimum atomic E-state index is 0.726. The van der Waals surface area contributed by atoms with Crippen molar-refractivity contribution in [3.63, 3.8) is 0 Å². The van der Waals surface area contributed by atoms with Gasteiger partial charge in [-0.3, -0.25) is 4.90 Å². The minimum Gasteiger partial charge on any atom is -0.314 e. The molecular formula is C12H21N3S. The van der Waals surface area contributed by atoms with Crippen LogP contribution in [-0.2, 0) is 6.54 Å². The van der Waals surface area contributed by atoms with Crippen LogP contribution in [0.4, 0.5) is 0 Å². The maximum atomic E-state index is 4.63. The molecule has 90 valence electrons. The molecule has 0 aromatic carbocycles. The Labute approximate surface area is 102 Å². The molecule has 0 aliphatic carbocycles. The maximum Gasteiger partial charge on any atom is 0.107 e. The predicted molar refractivity (Wildman–Crippen MR) is 68.9 cm³/mol. The second kappa shape index (κ2) is 5.25. The van der Waals surface area contributed by atoms with Gasteiger partial charge in [-0.1, -0.05) is 6.92 Å². The average Bonchev–Trinajstić information content (AvgIpc) is 2.43. The van der Waals surface area contributed by atoms with Crippen LogP contribution in [-0.4, -0.2) is 35.6 Å². The van der Waals surface area contributed by atoms with E-state index in [4.69, 9.17) is 0 Å². The molecule has 0 atom stereocenters. The number of thiazole rings is 1. The van der Waals surface area contributed by atoms with E-state index in [0.29, 0.717) is 0 Å². The number of hydrogen-bond acceptors (Lipinski definition) is 4. The fourth-order valence-electron chi connectivity index (χ4n) is 1.99. The van der Waals surface area contributed by atoms with E-state index in [1.807, 2.05) is 11.3 Å². The molecule has 16 heavy (non-hydrogen) atoms. The SMILES string of the molecule is CCCN(Cc1nc(C)c(C)s1)C1CNC1. The summed E-state index contributed by atoms with van der Waals surface area (Å²) in [6, 6.07) is 0.726. The predicted octanol–water partition coefficient (Wildman–Crippen LogP) is 1.94. The van der Waals surface area contributed by atoms with Gasteiger partial charge < -0.3 is 5.32 Å². The fraction of sp³-hybridized carbons (Fsp3) is 0.750. The monoisotopic (exact) mass is 239 g/mol. The second-order valence-corrected chi connectivity index (χ2v) is 5.82. The molecule has 0 spiro atoms. The summed E-state index contributed by atoms with van der Waals surface area (Å²) in [6.45, 7) is 11.0. The molecule has 2 heterocycles. The van der Waals surface area contributed by atoms with Crippen molar-refractivity contribution in [1.29, 1.82) is 0 Å². The third kappa shape index (κ3) is 2.62. The molecule has 1 N–H and O–H groups in total. The van der Waals surface area contributed by atoms with Crippen molar-refractivity contribution < 1.29 is 0 Å². The third-order valence-corrected chi connectivity index (χ3v) is 4.26. The molecule has 1 aromatic heterocycles. The van der Waals surface area contributed by atoms with E-state index in [1.54, 1.807) is 0 Å². The summed E-state index contributed by atoms with van der Waals surface area (Å²) in [5.74, 6) is 0. The van der Waals surface area contributed by atoms with Gasteiger partial charge in [-0.25, -0.2) is 4.98 Å². The highest BCUT2D eigenvalue weighted by molar-refractivity contribution is 7.11. The molecule has 3 nitrogen and oxygen atoms in total. The summed E-state index contributed by atoms with van der Waals surface area (Å²) in [5.41, 5.74) is 1.20. The maximum absolute atomic E-state index is 4.63. The molecule has 1 saturated heterocycles. The van der Waals surface area contributed by atoms with E-state index < -0.39 is 0 Å². The first-order chi connectivity index (χ1) is 7.70. The van der Waals surface area contributed by atoms with Gasteiger partial charge in [-0.15, -0.1) is 11.3 Å². The molecule has 0 saturated carbocycles. The fourth-order valence-corrected chi connectivity index (χ4v) is 2.95. The Hall–Kier alpha value is -0.450. The van der Waals surface area contributed by atoms with Crippen LogP contribution < -0.4 is 5.32 Å². The molecule has 4 heteroatoms. The topological polar surface area (TPSA) is 28.2 Å². The van der Waals surface area contributed by atoms with E-state index in [9.17, 15) is 0 Å². The normalized spacial score (nSPS) is 16.8. The van der Waals surface area contributed by atoms with Gasteiger partial charge in [0.05, 0.1) is 12.2 Å². The Morgan fingerprint density at radius 1 is 1.44 bits per heavy atom. The molecule has 0 amide bonds. The van der Waals surface area contributed by atoms with Crippen molar-refractivity contribution in [2.24, 2.45) is 0 Å². The number of hydrogen-bond donors (Lipinski definition) is 1. The number of rotatable bonds is 5. The van der Waals surface area contributed by atoms with E-state index >= 15 is 0 Å². The van der Waals surface area contributed by atoms with Crippen molar-refractivity contribution in [2.75, 3.05) is 19.6 Å². The first-order valence-corrected chi connectivity index (χ1v) is 6.90. The molecule has 0 radical (unpaired) electrons. The third-order valence-electron chi connectivity index (χ3n) is 3.20. The van der Waals surface area contributed by atoms with Crippen LogP contribution in [0.5, 0.6) is 0 Å². The number of aromatic nitrogens is 1. The zero-order chi connectivity index (χ0) is 11.5. The number of nitrogens with zero attached hydrogens (tertiary/aromatic N) is 2. The van der Waals surface area contributed by atoms with Crippen molar-refractivity contribution in [3.8, 4) is 0 Å². The lowest BCUT2D eigenvalue weighted by Crippen LogP contribution is -2.56. The van der Waals surface area contributed by atoms with Crippen molar-refractivity contribution in [1.82, 2.24) is 15.2 Å². The van der Waals surface area contributed by atoms with Gasteiger partial charge in [0.25, 0.3) is 0 Å². The van der Waals surface area contributed by atoms with Gasteiger partial charge >= 0.3 is 0 Å². The van der Waals surface area contributed by atoms with E-state index in [1.165, 1.54) is 28.5 Å². The highest BCUT2D eigenvalue weighted by Crippen LogP contribution is 2.19. The lowest BCUT2D eigenvalue weighted by Gasteiger charge is -2.37. The molecule has 0 bridgehead atoms. The van der Waals surface area contributed by atoms with Gasteiger partial charge in [0.2, 0.25) is 0 Å². The zero-order valence-electron chi connectivity index (χ0n) is 10.4. The van der Waals surface area contributed by atoms with Gasteiger partial charge in [-0.05, 0) is 26.8 Å². The summed E-state index contributed by atoms with van der Waals surface area (Å²) < 4.78 is 0. The lowest BCUT2D eigenvalue weighted by atomic mass is 10.1. The second-order valence-electron chi connectivity index (χ2n) is 4.53. The molecule has 0 unspecified atom stereocenters. The van der Waals surface area contributed by atoms with Crippen LogP contribution in [0.1, 0.15) is 28.9 Å². The van der Waals surface area contributed by atoms with Gasteiger partial charge in [0.1, 0.15) is 5.01 Å². The summed E-state index contributed by atoms with van der Waals surface area (Å²) in [5, 5.41) is 4.62. The Balaban J connectivity index is 1.98. The van der Waals surface area contributed by atoms with E-state index in [0.717, 1.165) is 25.7 Å². The van der Waals surface area contributed by atoms with Crippen molar-refractivity contribution in [3.05, 3.63) is 15.6 Å². The Morgan fingerprint density at radius 3 is 2.62 bits per heavy atom. The smallest absolute Gasteiger partial charge is 0.107 e. The summed E-state index contributed by atoms with van der Waals surface area (Å²) >= 11 is 1.85. The van der Waals surface area contributed by atoms with Gasteiger partial charge in [-0.2, -0.15) is 0 Å². The van der Waals surface area contributed by atoms with Crippen LogP contribution in [0.3, 0.4) is 0 Å². The molecule has 1 aromatic rings. The Bertz CT molecular complexity index is 325. The van der Waals surface area contributed by atoms with Crippen LogP contribution >= 0.6 is 11.3 Å². The average molecular weight is 239 g/mol.